The van der Waals surface area contributed by atoms with Gasteiger partial charge in [-0.3, -0.25) is 4.79 Å². The van der Waals surface area contributed by atoms with Crippen molar-refractivity contribution in [1.82, 2.24) is 0 Å². The highest BCUT2D eigenvalue weighted by Gasteiger charge is 2.40. The molecule has 1 aromatic rings. The Hall–Kier alpha value is -1.63. The van der Waals surface area contributed by atoms with Gasteiger partial charge in [-0.05, 0) is 24.6 Å². The number of carbonyl (C=O) groups is 1. The molecule has 0 saturated carbocycles. The van der Waals surface area contributed by atoms with E-state index in [-0.39, 0.29) is 25.4 Å². The molecule has 1 saturated heterocycles. The second-order valence-corrected chi connectivity index (χ2v) is 4.44. The van der Waals surface area contributed by atoms with E-state index in [9.17, 15) is 22.4 Å². The summed E-state index contributed by atoms with van der Waals surface area (Å²) in [4.78, 5) is 12.6. The fourth-order valence-electron chi connectivity index (χ4n) is 2.17. The van der Waals surface area contributed by atoms with E-state index < -0.39 is 29.2 Å². The van der Waals surface area contributed by atoms with Crippen molar-refractivity contribution in [3.05, 3.63) is 29.6 Å². The van der Waals surface area contributed by atoms with Crippen LogP contribution >= 0.6 is 0 Å². The average molecular weight is 276 g/mol. The fourth-order valence-corrected chi connectivity index (χ4v) is 2.17. The summed E-state index contributed by atoms with van der Waals surface area (Å²) in [6, 6.07) is 2.65. The van der Waals surface area contributed by atoms with Crippen LogP contribution in [0.4, 0.5) is 23.2 Å². The molecule has 19 heavy (non-hydrogen) atoms. The zero-order valence-electron chi connectivity index (χ0n) is 9.88. The highest BCUT2D eigenvalue weighted by atomic mass is 19.4. The van der Waals surface area contributed by atoms with E-state index in [2.05, 4.69) is 0 Å². The molecule has 3 nitrogen and oxygen atoms in total. The Morgan fingerprint density at radius 3 is 2.58 bits per heavy atom. The SMILES string of the molecule is NCC1CC(=O)N(c2c(F)cccc2C(F)(F)F)C1. The van der Waals surface area contributed by atoms with Crippen molar-refractivity contribution in [2.24, 2.45) is 11.7 Å². The van der Waals surface area contributed by atoms with Crippen LogP contribution in [0.15, 0.2) is 18.2 Å². The molecule has 1 fully saturated rings. The summed E-state index contributed by atoms with van der Waals surface area (Å²) in [6.07, 6.45) is -4.67. The van der Waals surface area contributed by atoms with Crippen molar-refractivity contribution < 1.29 is 22.4 Å². The van der Waals surface area contributed by atoms with Gasteiger partial charge >= 0.3 is 6.18 Å². The van der Waals surface area contributed by atoms with Crippen molar-refractivity contribution in [3.63, 3.8) is 0 Å². The molecule has 0 radical (unpaired) electrons. The van der Waals surface area contributed by atoms with E-state index in [1.807, 2.05) is 0 Å². The maximum Gasteiger partial charge on any atom is 0.418 e. The predicted molar refractivity (Wildman–Crippen MR) is 60.9 cm³/mol. The molecule has 2 rings (SSSR count). The van der Waals surface area contributed by atoms with Crippen molar-refractivity contribution >= 4 is 11.6 Å². The van der Waals surface area contributed by atoms with Crippen LogP contribution in [0.2, 0.25) is 0 Å². The Morgan fingerprint density at radius 1 is 1.37 bits per heavy atom. The van der Waals surface area contributed by atoms with Crippen LogP contribution in [0.25, 0.3) is 0 Å². The lowest BCUT2D eigenvalue weighted by atomic mass is 10.1. The second-order valence-electron chi connectivity index (χ2n) is 4.44. The van der Waals surface area contributed by atoms with E-state index in [4.69, 9.17) is 5.73 Å². The average Bonchev–Trinajstić information content (AvgIpc) is 2.69. The molecular weight excluding hydrogens is 264 g/mol. The molecular formula is C12H12F4N2O. The number of halogens is 4. The van der Waals surface area contributed by atoms with Crippen molar-refractivity contribution in [2.45, 2.75) is 12.6 Å². The topological polar surface area (TPSA) is 46.3 Å². The molecule has 2 N–H and O–H groups in total. The first kappa shape index (κ1) is 13.8. The van der Waals surface area contributed by atoms with E-state index in [0.29, 0.717) is 0 Å². The maximum atomic E-state index is 13.7. The number of nitrogens with two attached hydrogens (primary N) is 1. The van der Waals surface area contributed by atoms with Crippen LogP contribution in [0, 0.1) is 11.7 Å². The molecule has 0 aliphatic carbocycles. The zero-order chi connectivity index (χ0) is 14.2. The third-order valence-corrected chi connectivity index (χ3v) is 3.10. The Morgan fingerprint density at radius 2 is 2.05 bits per heavy atom. The van der Waals surface area contributed by atoms with Crippen LogP contribution < -0.4 is 10.6 Å². The molecule has 1 heterocycles. The van der Waals surface area contributed by atoms with Crippen LogP contribution in [0.3, 0.4) is 0 Å². The number of nitrogens with zero attached hydrogens (tertiary/aromatic N) is 1. The van der Waals surface area contributed by atoms with Gasteiger partial charge in [-0.1, -0.05) is 6.07 Å². The normalized spacial score (nSPS) is 20.2. The van der Waals surface area contributed by atoms with Gasteiger partial charge in [0.1, 0.15) is 5.82 Å². The molecule has 0 aromatic heterocycles. The van der Waals surface area contributed by atoms with E-state index in [1.165, 1.54) is 0 Å². The molecule has 1 amide bonds. The molecule has 1 aliphatic rings. The minimum atomic E-state index is -4.71. The Bertz CT molecular complexity index is 501. The first-order chi connectivity index (χ1) is 8.84. The van der Waals surface area contributed by atoms with Crippen LogP contribution in [-0.4, -0.2) is 19.0 Å². The number of amides is 1. The van der Waals surface area contributed by atoms with Crippen LogP contribution in [0.5, 0.6) is 0 Å². The van der Waals surface area contributed by atoms with Gasteiger partial charge in [-0.25, -0.2) is 4.39 Å². The van der Waals surface area contributed by atoms with Crippen molar-refractivity contribution in [3.8, 4) is 0 Å². The molecule has 104 valence electrons. The second kappa shape index (κ2) is 4.80. The molecule has 1 atom stereocenters. The lowest BCUT2D eigenvalue weighted by Crippen LogP contribution is -2.29. The molecule has 7 heteroatoms. The Labute approximate surface area is 107 Å². The standard InChI is InChI=1S/C12H12F4N2O/c13-9-3-1-2-8(12(14,15)16)11(9)18-6-7(5-17)4-10(18)19/h1-3,7H,4-6,17H2. The number of para-hydroxylation sites is 1. The van der Waals surface area contributed by atoms with Crippen molar-refractivity contribution in [1.29, 1.82) is 0 Å². The Balaban J connectivity index is 2.48. The van der Waals surface area contributed by atoms with Gasteiger partial charge < -0.3 is 10.6 Å². The van der Waals surface area contributed by atoms with Gasteiger partial charge in [0.2, 0.25) is 5.91 Å². The number of benzene rings is 1. The number of rotatable bonds is 2. The molecule has 0 spiro atoms. The largest absolute Gasteiger partial charge is 0.418 e. The lowest BCUT2D eigenvalue weighted by Gasteiger charge is -2.22. The summed E-state index contributed by atoms with van der Waals surface area (Å²) in [7, 11) is 0. The summed E-state index contributed by atoms with van der Waals surface area (Å²) in [6.45, 7) is 0.192. The molecule has 0 bridgehead atoms. The van der Waals surface area contributed by atoms with Gasteiger partial charge in [0.25, 0.3) is 0 Å². The van der Waals surface area contributed by atoms with E-state index in [1.54, 1.807) is 0 Å². The van der Waals surface area contributed by atoms with Crippen LogP contribution in [-0.2, 0) is 11.0 Å². The smallest absolute Gasteiger partial charge is 0.330 e. The highest BCUT2D eigenvalue weighted by Crippen LogP contribution is 2.39. The first-order valence-electron chi connectivity index (χ1n) is 5.70. The Kier molecular flexibility index (Phi) is 3.49. The first-order valence-corrected chi connectivity index (χ1v) is 5.70. The quantitative estimate of drug-likeness (QED) is 0.841. The van der Waals surface area contributed by atoms with E-state index in [0.717, 1.165) is 23.1 Å². The summed E-state index contributed by atoms with van der Waals surface area (Å²) < 4.78 is 52.3. The monoisotopic (exact) mass is 276 g/mol. The van der Waals surface area contributed by atoms with Crippen molar-refractivity contribution in [2.75, 3.05) is 18.0 Å². The molecule has 1 unspecified atom stereocenters. The fraction of sp³-hybridized carbons (Fsp3) is 0.417. The summed E-state index contributed by atoms with van der Waals surface area (Å²) in [5, 5.41) is 0. The van der Waals surface area contributed by atoms with E-state index >= 15 is 0 Å². The molecule has 1 aliphatic heterocycles. The van der Waals surface area contributed by atoms with Gasteiger partial charge in [0.05, 0.1) is 11.3 Å². The van der Waals surface area contributed by atoms with Gasteiger partial charge in [0.15, 0.2) is 0 Å². The van der Waals surface area contributed by atoms with Gasteiger partial charge in [-0.2, -0.15) is 13.2 Å². The predicted octanol–water partition coefficient (Wildman–Crippen LogP) is 2.16. The van der Waals surface area contributed by atoms with Gasteiger partial charge in [0, 0.05) is 13.0 Å². The summed E-state index contributed by atoms with van der Waals surface area (Å²) >= 11 is 0. The van der Waals surface area contributed by atoms with Gasteiger partial charge in [-0.15, -0.1) is 0 Å². The number of alkyl halides is 3. The third kappa shape index (κ3) is 2.56. The zero-order valence-corrected chi connectivity index (χ0v) is 9.88. The highest BCUT2D eigenvalue weighted by molar-refractivity contribution is 5.96. The number of anilines is 1. The number of hydrogen-bond acceptors (Lipinski definition) is 2. The summed E-state index contributed by atoms with van der Waals surface area (Å²) in [5.74, 6) is -1.83. The minimum absolute atomic E-state index is 0.0132. The number of hydrogen-bond donors (Lipinski definition) is 1. The maximum absolute atomic E-state index is 13.7. The lowest BCUT2D eigenvalue weighted by molar-refractivity contribution is -0.137. The molecule has 1 aromatic carbocycles. The minimum Gasteiger partial charge on any atom is -0.330 e. The number of carbonyl (C=O) groups excluding carboxylic acids is 1. The summed E-state index contributed by atoms with van der Waals surface area (Å²) in [5.41, 5.74) is 3.56. The third-order valence-electron chi connectivity index (χ3n) is 3.10. The van der Waals surface area contributed by atoms with Crippen LogP contribution in [0.1, 0.15) is 12.0 Å².